The number of hydrogen-bond acceptors (Lipinski definition) is 3. The molecule has 0 amide bonds. The molecule has 0 unspecified atom stereocenters. The topological polar surface area (TPSA) is 33.1 Å². The maximum atomic E-state index is 4.51. The van der Waals surface area contributed by atoms with Crippen molar-refractivity contribution >= 4 is 0 Å². The largest absolute Gasteiger partial charge is 0.333 e. The molecule has 1 aromatic heterocycles. The van der Waals surface area contributed by atoms with Crippen LogP contribution in [0.1, 0.15) is 50.8 Å². The van der Waals surface area contributed by atoms with E-state index in [-0.39, 0.29) is 0 Å². The highest BCUT2D eigenvalue weighted by Crippen LogP contribution is 2.38. The molecule has 2 fully saturated rings. The number of nitrogens with zero attached hydrogens (tertiary/aromatic N) is 3. The molecule has 4 rings (SSSR count). The van der Waals surface area contributed by atoms with E-state index in [2.05, 4.69) is 26.0 Å². The quantitative estimate of drug-likeness (QED) is 0.903. The Kier molecular flexibility index (Phi) is 3.76. The van der Waals surface area contributed by atoms with E-state index in [0.29, 0.717) is 5.41 Å². The number of aromatic nitrogens is 2. The molecule has 1 aliphatic heterocycles. The number of rotatable bonds is 5. The molecule has 2 saturated carbocycles. The van der Waals surface area contributed by atoms with Crippen molar-refractivity contribution in [2.45, 2.75) is 64.1 Å². The molecule has 21 heavy (non-hydrogen) atoms. The molecule has 116 valence electrons. The van der Waals surface area contributed by atoms with Crippen molar-refractivity contribution in [1.29, 1.82) is 0 Å². The fourth-order valence-electron chi connectivity index (χ4n) is 4.17. The van der Waals surface area contributed by atoms with Crippen molar-refractivity contribution in [2.24, 2.45) is 5.41 Å². The SMILES string of the molecule is c1cn2c(n1)CN(CC1(CNC3CC3)CCCCC1)CC2. The van der Waals surface area contributed by atoms with Crippen LogP contribution in [0.2, 0.25) is 0 Å². The van der Waals surface area contributed by atoms with Gasteiger partial charge in [0.1, 0.15) is 5.82 Å². The van der Waals surface area contributed by atoms with E-state index in [0.717, 1.165) is 19.1 Å². The maximum absolute atomic E-state index is 4.51. The van der Waals surface area contributed by atoms with E-state index in [1.165, 1.54) is 70.4 Å². The first kappa shape index (κ1) is 13.8. The molecule has 0 bridgehead atoms. The molecule has 1 aromatic rings. The molecular weight excluding hydrogens is 260 g/mol. The van der Waals surface area contributed by atoms with Crippen LogP contribution in [0.3, 0.4) is 0 Å². The minimum Gasteiger partial charge on any atom is -0.333 e. The third-order valence-electron chi connectivity index (χ3n) is 5.64. The summed E-state index contributed by atoms with van der Waals surface area (Å²) < 4.78 is 2.31. The van der Waals surface area contributed by atoms with Gasteiger partial charge in [-0.15, -0.1) is 0 Å². The zero-order chi connectivity index (χ0) is 14.1. The summed E-state index contributed by atoms with van der Waals surface area (Å²) in [6.45, 7) is 5.84. The highest BCUT2D eigenvalue weighted by atomic mass is 15.2. The highest BCUT2D eigenvalue weighted by Gasteiger charge is 2.36. The summed E-state index contributed by atoms with van der Waals surface area (Å²) >= 11 is 0. The van der Waals surface area contributed by atoms with Crippen LogP contribution >= 0.6 is 0 Å². The molecule has 2 heterocycles. The second-order valence-electron chi connectivity index (χ2n) is 7.46. The average Bonchev–Trinajstić information content (AvgIpc) is 3.23. The summed E-state index contributed by atoms with van der Waals surface area (Å²) in [6.07, 6.45) is 14.0. The zero-order valence-electron chi connectivity index (χ0n) is 13.1. The summed E-state index contributed by atoms with van der Waals surface area (Å²) in [5.41, 5.74) is 0.523. The third-order valence-corrected chi connectivity index (χ3v) is 5.64. The minimum absolute atomic E-state index is 0.523. The molecule has 4 nitrogen and oxygen atoms in total. The van der Waals surface area contributed by atoms with E-state index in [1.54, 1.807) is 0 Å². The Labute approximate surface area is 127 Å². The fourth-order valence-corrected chi connectivity index (χ4v) is 4.17. The van der Waals surface area contributed by atoms with Gasteiger partial charge in [0.05, 0.1) is 6.54 Å². The summed E-state index contributed by atoms with van der Waals surface area (Å²) in [4.78, 5) is 7.17. The van der Waals surface area contributed by atoms with Crippen LogP contribution in [0, 0.1) is 5.41 Å². The Morgan fingerprint density at radius 3 is 2.86 bits per heavy atom. The standard InChI is InChI=1S/C17H28N4/c1-2-6-17(7-3-1,13-19-15-4-5-15)14-20-10-11-21-9-8-18-16(21)12-20/h8-9,15,19H,1-7,10-14H2. The Hall–Kier alpha value is -0.870. The van der Waals surface area contributed by atoms with Crippen molar-refractivity contribution in [1.82, 2.24) is 19.8 Å². The number of nitrogens with one attached hydrogen (secondary N) is 1. The molecule has 0 atom stereocenters. The van der Waals surface area contributed by atoms with Gasteiger partial charge in [0, 0.05) is 44.6 Å². The lowest BCUT2D eigenvalue weighted by molar-refractivity contribution is 0.0839. The van der Waals surface area contributed by atoms with Gasteiger partial charge in [0.2, 0.25) is 0 Å². The number of fused-ring (bicyclic) bond motifs is 1. The Morgan fingerprint density at radius 2 is 2.05 bits per heavy atom. The molecule has 0 spiro atoms. The number of hydrogen-bond donors (Lipinski definition) is 1. The van der Waals surface area contributed by atoms with Crippen LogP contribution in [-0.2, 0) is 13.1 Å². The normalized spacial score (nSPS) is 25.7. The van der Waals surface area contributed by atoms with Gasteiger partial charge >= 0.3 is 0 Å². The Bertz CT molecular complexity index is 471. The van der Waals surface area contributed by atoms with Crippen LogP contribution in [0.5, 0.6) is 0 Å². The van der Waals surface area contributed by atoms with Crippen molar-refractivity contribution in [3.05, 3.63) is 18.2 Å². The average molecular weight is 288 g/mol. The van der Waals surface area contributed by atoms with Crippen LogP contribution in [0.4, 0.5) is 0 Å². The van der Waals surface area contributed by atoms with Crippen molar-refractivity contribution in [3.63, 3.8) is 0 Å². The van der Waals surface area contributed by atoms with E-state index >= 15 is 0 Å². The summed E-state index contributed by atoms with van der Waals surface area (Å²) in [7, 11) is 0. The van der Waals surface area contributed by atoms with Crippen LogP contribution < -0.4 is 5.32 Å². The lowest BCUT2D eigenvalue weighted by Gasteiger charge is -2.42. The second kappa shape index (κ2) is 5.73. The molecule has 0 aromatic carbocycles. The van der Waals surface area contributed by atoms with E-state index < -0.39 is 0 Å². The Morgan fingerprint density at radius 1 is 1.19 bits per heavy atom. The molecule has 1 N–H and O–H groups in total. The van der Waals surface area contributed by atoms with Crippen molar-refractivity contribution in [2.75, 3.05) is 19.6 Å². The smallest absolute Gasteiger partial charge is 0.122 e. The minimum atomic E-state index is 0.523. The molecule has 0 saturated heterocycles. The van der Waals surface area contributed by atoms with Gasteiger partial charge in [-0.25, -0.2) is 4.98 Å². The van der Waals surface area contributed by atoms with Crippen LogP contribution in [-0.4, -0.2) is 40.1 Å². The molecule has 0 radical (unpaired) electrons. The van der Waals surface area contributed by atoms with Gasteiger partial charge in [-0.2, -0.15) is 0 Å². The van der Waals surface area contributed by atoms with Gasteiger partial charge in [0.25, 0.3) is 0 Å². The lowest BCUT2D eigenvalue weighted by atomic mass is 9.73. The lowest BCUT2D eigenvalue weighted by Crippen LogP contribution is -2.47. The van der Waals surface area contributed by atoms with E-state index in [9.17, 15) is 0 Å². The maximum Gasteiger partial charge on any atom is 0.122 e. The summed E-state index contributed by atoms with van der Waals surface area (Å²) in [6, 6.07) is 0.837. The predicted octanol–water partition coefficient (Wildman–Crippen LogP) is 2.40. The van der Waals surface area contributed by atoms with Gasteiger partial charge in [-0.1, -0.05) is 19.3 Å². The third kappa shape index (κ3) is 3.16. The molecule has 3 aliphatic rings. The van der Waals surface area contributed by atoms with Gasteiger partial charge in [0.15, 0.2) is 0 Å². The predicted molar refractivity (Wildman–Crippen MR) is 84.0 cm³/mol. The first-order valence-electron chi connectivity index (χ1n) is 8.79. The van der Waals surface area contributed by atoms with Gasteiger partial charge in [-0.05, 0) is 31.1 Å². The summed E-state index contributed by atoms with van der Waals surface area (Å²) in [5, 5.41) is 3.82. The molecule has 2 aliphatic carbocycles. The van der Waals surface area contributed by atoms with E-state index in [4.69, 9.17) is 0 Å². The number of imidazole rings is 1. The van der Waals surface area contributed by atoms with Crippen LogP contribution in [0.25, 0.3) is 0 Å². The summed E-state index contributed by atoms with van der Waals surface area (Å²) in [5.74, 6) is 1.25. The highest BCUT2D eigenvalue weighted by molar-refractivity contribution is 4.98. The molecular formula is C17H28N4. The van der Waals surface area contributed by atoms with Gasteiger partial charge in [-0.3, -0.25) is 4.90 Å². The molecule has 4 heteroatoms. The van der Waals surface area contributed by atoms with Crippen molar-refractivity contribution < 1.29 is 0 Å². The van der Waals surface area contributed by atoms with Gasteiger partial charge < -0.3 is 9.88 Å². The first-order chi connectivity index (χ1) is 10.3. The first-order valence-corrected chi connectivity index (χ1v) is 8.79. The zero-order valence-corrected chi connectivity index (χ0v) is 13.1. The van der Waals surface area contributed by atoms with Crippen molar-refractivity contribution in [3.8, 4) is 0 Å². The van der Waals surface area contributed by atoms with E-state index in [1.807, 2.05) is 6.20 Å². The second-order valence-corrected chi connectivity index (χ2v) is 7.46. The van der Waals surface area contributed by atoms with Crippen LogP contribution in [0.15, 0.2) is 12.4 Å². The Balaban J connectivity index is 1.41. The fraction of sp³-hybridized carbons (Fsp3) is 0.824. The monoisotopic (exact) mass is 288 g/mol.